The maximum Gasteiger partial charge on any atom is 0.0857 e. The number of aliphatic hydroxyl groups excluding tert-OH is 1. The molecule has 0 aliphatic rings. The summed E-state index contributed by atoms with van der Waals surface area (Å²) in [6, 6.07) is 15.8. The van der Waals surface area contributed by atoms with Gasteiger partial charge in [-0.25, -0.2) is 0 Å². The van der Waals surface area contributed by atoms with Crippen LogP contribution in [0, 0.1) is 0 Å². The highest BCUT2D eigenvalue weighted by Gasteiger charge is 2.16. The number of fused-ring (bicyclic) bond motifs is 1. The standard InChI is InChI=1S/C16H15BrN2O/c1-19-15-9-5-3-7-12(15)14(18-19)10-16(20)11-6-2-4-8-13(11)17/h2-9,16,20H,10H2,1H3. The summed E-state index contributed by atoms with van der Waals surface area (Å²) in [4.78, 5) is 0. The van der Waals surface area contributed by atoms with Crippen LogP contribution < -0.4 is 0 Å². The Hall–Kier alpha value is -1.65. The smallest absolute Gasteiger partial charge is 0.0857 e. The van der Waals surface area contributed by atoms with Crippen molar-refractivity contribution in [2.24, 2.45) is 7.05 Å². The van der Waals surface area contributed by atoms with Crippen LogP contribution in [-0.2, 0) is 13.5 Å². The number of benzene rings is 2. The fraction of sp³-hybridized carbons (Fsp3) is 0.188. The van der Waals surface area contributed by atoms with E-state index >= 15 is 0 Å². The molecule has 0 bridgehead atoms. The van der Waals surface area contributed by atoms with Gasteiger partial charge in [0, 0.05) is 23.3 Å². The third-order valence-corrected chi connectivity index (χ3v) is 4.21. The molecule has 0 fully saturated rings. The van der Waals surface area contributed by atoms with Crippen molar-refractivity contribution in [2.45, 2.75) is 12.5 Å². The Kier molecular flexibility index (Phi) is 3.59. The van der Waals surface area contributed by atoms with Crippen molar-refractivity contribution in [1.29, 1.82) is 0 Å². The molecule has 0 aliphatic carbocycles. The average molecular weight is 331 g/mol. The Morgan fingerprint density at radius 2 is 1.85 bits per heavy atom. The lowest BCUT2D eigenvalue weighted by Gasteiger charge is -2.11. The molecule has 3 aromatic rings. The highest BCUT2D eigenvalue weighted by atomic mass is 79.9. The normalized spacial score (nSPS) is 12.8. The predicted octanol–water partition coefficient (Wildman–Crippen LogP) is 3.61. The Morgan fingerprint density at radius 3 is 2.65 bits per heavy atom. The fourth-order valence-corrected chi connectivity index (χ4v) is 3.03. The van der Waals surface area contributed by atoms with Gasteiger partial charge in [0.15, 0.2) is 0 Å². The number of hydrogen-bond donors (Lipinski definition) is 1. The minimum absolute atomic E-state index is 0.504. The lowest BCUT2D eigenvalue weighted by atomic mass is 10.0. The minimum Gasteiger partial charge on any atom is -0.388 e. The number of halogens is 1. The summed E-state index contributed by atoms with van der Waals surface area (Å²) in [5.41, 5.74) is 2.90. The Bertz CT molecular complexity index is 751. The zero-order valence-corrected chi connectivity index (χ0v) is 12.7. The van der Waals surface area contributed by atoms with Crippen molar-refractivity contribution in [1.82, 2.24) is 9.78 Å². The highest BCUT2D eigenvalue weighted by Crippen LogP contribution is 2.28. The topological polar surface area (TPSA) is 38.0 Å². The van der Waals surface area contributed by atoms with Gasteiger partial charge in [0.2, 0.25) is 0 Å². The summed E-state index contributed by atoms with van der Waals surface area (Å²) < 4.78 is 2.78. The summed E-state index contributed by atoms with van der Waals surface area (Å²) in [6.07, 6.45) is -0.0619. The quantitative estimate of drug-likeness (QED) is 0.796. The van der Waals surface area contributed by atoms with E-state index in [-0.39, 0.29) is 0 Å². The summed E-state index contributed by atoms with van der Waals surface area (Å²) >= 11 is 3.48. The molecule has 0 radical (unpaired) electrons. The van der Waals surface area contributed by atoms with E-state index in [1.165, 1.54) is 0 Å². The highest BCUT2D eigenvalue weighted by molar-refractivity contribution is 9.10. The molecule has 0 saturated carbocycles. The molecule has 1 heterocycles. The number of rotatable bonds is 3. The molecule has 0 aliphatic heterocycles. The molecule has 2 aromatic carbocycles. The zero-order valence-electron chi connectivity index (χ0n) is 11.1. The van der Waals surface area contributed by atoms with E-state index in [1.807, 2.05) is 60.3 Å². The van der Waals surface area contributed by atoms with Gasteiger partial charge < -0.3 is 5.11 Å². The lowest BCUT2D eigenvalue weighted by Crippen LogP contribution is -2.04. The molecule has 1 aromatic heterocycles. The van der Waals surface area contributed by atoms with E-state index in [4.69, 9.17) is 0 Å². The van der Waals surface area contributed by atoms with Crippen LogP contribution in [0.4, 0.5) is 0 Å². The first-order chi connectivity index (χ1) is 9.66. The van der Waals surface area contributed by atoms with Crippen molar-refractivity contribution in [3.8, 4) is 0 Å². The molecule has 0 amide bonds. The van der Waals surface area contributed by atoms with Gasteiger partial charge in [-0.05, 0) is 17.7 Å². The van der Waals surface area contributed by atoms with Crippen molar-refractivity contribution in [3.05, 3.63) is 64.3 Å². The largest absolute Gasteiger partial charge is 0.388 e. The van der Waals surface area contributed by atoms with Gasteiger partial charge in [-0.3, -0.25) is 4.68 Å². The second-order valence-corrected chi connectivity index (χ2v) is 5.68. The van der Waals surface area contributed by atoms with E-state index in [2.05, 4.69) is 21.0 Å². The maximum atomic E-state index is 10.4. The van der Waals surface area contributed by atoms with Gasteiger partial charge in [-0.1, -0.05) is 52.3 Å². The molecule has 20 heavy (non-hydrogen) atoms. The second-order valence-electron chi connectivity index (χ2n) is 4.83. The molecule has 0 saturated heterocycles. The predicted molar refractivity (Wildman–Crippen MR) is 83.5 cm³/mol. The first-order valence-corrected chi connectivity index (χ1v) is 7.29. The molecule has 1 atom stereocenters. The third kappa shape index (κ3) is 2.37. The monoisotopic (exact) mass is 330 g/mol. The van der Waals surface area contributed by atoms with Gasteiger partial charge in [0.05, 0.1) is 17.3 Å². The second kappa shape index (κ2) is 5.38. The first kappa shape index (κ1) is 13.3. The summed E-state index contributed by atoms with van der Waals surface area (Å²) in [6.45, 7) is 0. The molecule has 102 valence electrons. The maximum absolute atomic E-state index is 10.4. The molecule has 0 spiro atoms. The van der Waals surface area contributed by atoms with Crippen LogP contribution in [0.5, 0.6) is 0 Å². The number of nitrogens with zero attached hydrogens (tertiary/aromatic N) is 2. The number of hydrogen-bond acceptors (Lipinski definition) is 2. The number of para-hydroxylation sites is 1. The zero-order chi connectivity index (χ0) is 14.1. The van der Waals surface area contributed by atoms with Crippen LogP contribution in [0.3, 0.4) is 0 Å². The van der Waals surface area contributed by atoms with Crippen LogP contribution in [0.1, 0.15) is 17.4 Å². The first-order valence-electron chi connectivity index (χ1n) is 6.50. The van der Waals surface area contributed by atoms with E-state index in [9.17, 15) is 5.11 Å². The minimum atomic E-state index is -0.566. The summed E-state index contributed by atoms with van der Waals surface area (Å²) in [5, 5.41) is 16.1. The Balaban J connectivity index is 1.96. The van der Waals surface area contributed by atoms with Gasteiger partial charge in [0.25, 0.3) is 0 Å². The van der Waals surface area contributed by atoms with Crippen LogP contribution in [-0.4, -0.2) is 14.9 Å². The van der Waals surface area contributed by atoms with E-state index in [0.717, 1.165) is 26.6 Å². The number of aromatic nitrogens is 2. The van der Waals surface area contributed by atoms with E-state index in [1.54, 1.807) is 0 Å². The van der Waals surface area contributed by atoms with Crippen LogP contribution in [0.15, 0.2) is 53.0 Å². The third-order valence-electron chi connectivity index (χ3n) is 3.49. The van der Waals surface area contributed by atoms with E-state index in [0.29, 0.717) is 6.42 Å². The molecular formula is C16H15BrN2O. The van der Waals surface area contributed by atoms with Gasteiger partial charge >= 0.3 is 0 Å². The molecule has 3 rings (SSSR count). The van der Waals surface area contributed by atoms with Crippen molar-refractivity contribution in [3.63, 3.8) is 0 Å². The van der Waals surface area contributed by atoms with Crippen LogP contribution >= 0.6 is 15.9 Å². The van der Waals surface area contributed by atoms with E-state index < -0.39 is 6.10 Å². The van der Waals surface area contributed by atoms with Gasteiger partial charge in [-0.2, -0.15) is 5.10 Å². The fourth-order valence-electron chi connectivity index (χ4n) is 2.48. The average Bonchev–Trinajstić information content (AvgIpc) is 2.76. The lowest BCUT2D eigenvalue weighted by molar-refractivity contribution is 0.176. The van der Waals surface area contributed by atoms with Crippen molar-refractivity contribution in [2.75, 3.05) is 0 Å². The summed E-state index contributed by atoms with van der Waals surface area (Å²) in [5.74, 6) is 0. The van der Waals surface area contributed by atoms with Gasteiger partial charge in [0.1, 0.15) is 0 Å². The van der Waals surface area contributed by atoms with Crippen molar-refractivity contribution >= 4 is 26.8 Å². The summed E-state index contributed by atoms with van der Waals surface area (Å²) in [7, 11) is 1.93. The molecular weight excluding hydrogens is 316 g/mol. The van der Waals surface area contributed by atoms with Gasteiger partial charge in [-0.15, -0.1) is 0 Å². The molecule has 4 heteroatoms. The van der Waals surface area contributed by atoms with Crippen LogP contribution in [0.25, 0.3) is 10.9 Å². The molecule has 1 N–H and O–H groups in total. The molecule has 3 nitrogen and oxygen atoms in total. The van der Waals surface area contributed by atoms with Crippen LogP contribution in [0.2, 0.25) is 0 Å². The number of aliphatic hydroxyl groups is 1. The SMILES string of the molecule is Cn1nc(CC(O)c2ccccc2Br)c2ccccc21. The Labute approximate surface area is 126 Å². The Morgan fingerprint density at radius 1 is 1.15 bits per heavy atom. The van der Waals surface area contributed by atoms with Crippen molar-refractivity contribution < 1.29 is 5.11 Å². The molecule has 1 unspecified atom stereocenters. The number of aryl methyl sites for hydroxylation is 1.